The first-order valence-corrected chi connectivity index (χ1v) is 19.5. The Labute approximate surface area is 322 Å². The Bertz CT molecular complexity index is 3180. The van der Waals surface area contributed by atoms with Crippen molar-refractivity contribution in [1.29, 1.82) is 0 Å². The Morgan fingerprint density at radius 2 is 0.964 bits per heavy atom. The van der Waals surface area contributed by atoms with E-state index in [4.69, 9.17) is 4.42 Å². The zero-order valence-electron chi connectivity index (χ0n) is 29.8. The van der Waals surface area contributed by atoms with E-state index in [-0.39, 0.29) is 0 Å². The smallest absolute Gasteiger partial charge is 0.145 e. The van der Waals surface area contributed by atoms with E-state index in [2.05, 4.69) is 205 Å². The molecule has 3 heteroatoms. The van der Waals surface area contributed by atoms with Crippen molar-refractivity contribution in [2.24, 2.45) is 0 Å². The fraction of sp³-hybridized carbons (Fsp3) is 0. The Morgan fingerprint density at radius 1 is 0.364 bits per heavy atom. The summed E-state index contributed by atoms with van der Waals surface area (Å²) < 4.78 is 9.64. The Morgan fingerprint density at radius 3 is 1.73 bits per heavy atom. The third-order valence-corrected chi connectivity index (χ3v) is 12.1. The number of rotatable bonds is 6. The Kier molecular flexibility index (Phi) is 7.39. The third-order valence-electron chi connectivity index (χ3n) is 10.9. The molecule has 2 nitrogen and oxygen atoms in total. The molecule has 0 saturated carbocycles. The molecule has 11 rings (SSSR count). The average Bonchev–Trinajstić information content (AvgIpc) is 3.85. The first-order chi connectivity index (χ1) is 27.3. The molecule has 0 radical (unpaired) electrons. The lowest BCUT2D eigenvalue weighted by Crippen LogP contribution is -2.10. The highest BCUT2D eigenvalue weighted by Gasteiger charge is 2.23. The summed E-state index contributed by atoms with van der Waals surface area (Å²) in [6, 6.07) is 72.0. The van der Waals surface area contributed by atoms with Gasteiger partial charge in [0.1, 0.15) is 11.2 Å². The van der Waals surface area contributed by atoms with Gasteiger partial charge in [-0.05, 0) is 81.7 Å². The van der Waals surface area contributed by atoms with Crippen LogP contribution in [0, 0.1) is 0 Å². The molecule has 0 aliphatic rings. The molecule has 2 heterocycles. The van der Waals surface area contributed by atoms with E-state index < -0.39 is 0 Å². The van der Waals surface area contributed by atoms with E-state index >= 15 is 0 Å². The normalized spacial score (nSPS) is 11.6. The van der Waals surface area contributed by atoms with Crippen LogP contribution in [0.2, 0.25) is 0 Å². The summed E-state index contributed by atoms with van der Waals surface area (Å²) in [5.41, 5.74) is 12.0. The first kappa shape index (κ1) is 31.6. The molecule has 0 atom stereocenters. The summed E-state index contributed by atoms with van der Waals surface area (Å²) in [6.07, 6.45) is 0. The number of benzene rings is 9. The summed E-state index contributed by atoms with van der Waals surface area (Å²) in [5, 5.41) is 7.08. The van der Waals surface area contributed by atoms with Crippen LogP contribution >= 0.6 is 11.3 Å². The number of nitrogens with zero attached hydrogens (tertiary/aromatic N) is 1. The van der Waals surface area contributed by atoms with Gasteiger partial charge in [-0.25, -0.2) is 0 Å². The standard InChI is InChI=1S/C52H33NOS/c1-3-12-34(13-4-1)35-22-27-39(28-23-35)53(40-29-24-38(25-30-40)43-19-11-20-45-44-18-9-10-21-48(44)55-52(43)45)47-33-32-42(36-14-5-2-6-15-36)51-49(47)46-31-26-37-16-7-8-17-41(37)50(46)54-51/h1-33H. The van der Waals surface area contributed by atoms with Gasteiger partial charge in [0, 0.05) is 47.9 Å². The molecule has 0 amide bonds. The van der Waals surface area contributed by atoms with Gasteiger partial charge in [0.05, 0.1) is 11.1 Å². The maximum absolute atomic E-state index is 7.01. The summed E-state index contributed by atoms with van der Waals surface area (Å²) in [5.74, 6) is 0. The minimum atomic E-state index is 0.883. The largest absolute Gasteiger partial charge is 0.455 e. The molecule has 258 valence electrons. The van der Waals surface area contributed by atoms with Gasteiger partial charge >= 0.3 is 0 Å². The van der Waals surface area contributed by atoms with Crippen molar-refractivity contribution in [3.8, 4) is 33.4 Å². The average molecular weight is 720 g/mol. The van der Waals surface area contributed by atoms with Gasteiger partial charge in [0.2, 0.25) is 0 Å². The quantitative estimate of drug-likeness (QED) is 0.170. The van der Waals surface area contributed by atoms with Crippen molar-refractivity contribution in [2.45, 2.75) is 0 Å². The second-order valence-corrected chi connectivity index (χ2v) is 15.1. The lowest BCUT2D eigenvalue weighted by Gasteiger charge is -2.27. The van der Waals surface area contributed by atoms with Gasteiger partial charge < -0.3 is 9.32 Å². The van der Waals surface area contributed by atoms with Crippen molar-refractivity contribution in [1.82, 2.24) is 0 Å². The topological polar surface area (TPSA) is 16.4 Å². The van der Waals surface area contributed by atoms with E-state index in [1.165, 1.54) is 42.4 Å². The molecule has 9 aromatic carbocycles. The summed E-state index contributed by atoms with van der Waals surface area (Å²) in [4.78, 5) is 2.39. The lowest BCUT2D eigenvalue weighted by molar-refractivity contribution is 0.674. The van der Waals surface area contributed by atoms with Crippen LogP contribution < -0.4 is 4.90 Å². The van der Waals surface area contributed by atoms with Gasteiger partial charge in [-0.3, -0.25) is 0 Å². The van der Waals surface area contributed by atoms with E-state index in [0.29, 0.717) is 0 Å². The molecule has 55 heavy (non-hydrogen) atoms. The second-order valence-electron chi connectivity index (χ2n) is 14.0. The van der Waals surface area contributed by atoms with Crippen LogP contribution in [0.25, 0.3) is 86.3 Å². The van der Waals surface area contributed by atoms with Crippen LogP contribution in [0.1, 0.15) is 0 Å². The molecule has 0 bridgehead atoms. The number of hydrogen-bond donors (Lipinski definition) is 0. The molecule has 0 fully saturated rings. The van der Waals surface area contributed by atoms with Crippen LogP contribution in [0.15, 0.2) is 205 Å². The van der Waals surface area contributed by atoms with E-state index in [0.717, 1.165) is 60.9 Å². The zero-order chi connectivity index (χ0) is 36.3. The molecule has 11 aromatic rings. The number of anilines is 3. The summed E-state index contributed by atoms with van der Waals surface area (Å²) >= 11 is 1.87. The van der Waals surface area contributed by atoms with E-state index in [1.54, 1.807) is 0 Å². The van der Waals surface area contributed by atoms with Crippen LogP contribution in [0.5, 0.6) is 0 Å². The Hall–Kier alpha value is -6.94. The van der Waals surface area contributed by atoms with Gasteiger partial charge in [0.25, 0.3) is 0 Å². The van der Waals surface area contributed by atoms with Crippen molar-refractivity contribution in [3.05, 3.63) is 200 Å². The molecule has 0 N–H and O–H groups in total. The molecule has 0 aliphatic carbocycles. The summed E-state index contributed by atoms with van der Waals surface area (Å²) in [6.45, 7) is 0. The fourth-order valence-corrected chi connectivity index (χ4v) is 9.49. The predicted molar refractivity (Wildman–Crippen MR) is 235 cm³/mol. The van der Waals surface area contributed by atoms with Crippen LogP contribution in [-0.4, -0.2) is 0 Å². The highest BCUT2D eigenvalue weighted by Crippen LogP contribution is 2.48. The van der Waals surface area contributed by atoms with Crippen molar-refractivity contribution < 1.29 is 4.42 Å². The maximum atomic E-state index is 7.01. The number of thiophene rings is 1. The van der Waals surface area contributed by atoms with E-state index in [1.807, 2.05) is 11.3 Å². The van der Waals surface area contributed by atoms with Gasteiger partial charge in [-0.15, -0.1) is 11.3 Å². The number of fused-ring (bicyclic) bond motifs is 8. The monoisotopic (exact) mass is 719 g/mol. The molecular formula is C52H33NOS. The van der Waals surface area contributed by atoms with Crippen LogP contribution in [0.4, 0.5) is 17.1 Å². The Balaban J connectivity index is 1.13. The summed E-state index contributed by atoms with van der Waals surface area (Å²) in [7, 11) is 0. The van der Waals surface area contributed by atoms with Gasteiger partial charge in [-0.1, -0.05) is 152 Å². The minimum absolute atomic E-state index is 0.883. The lowest BCUT2D eigenvalue weighted by atomic mass is 9.98. The van der Waals surface area contributed by atoms with E-state index in [9.17, 15) is 0 Å². The van der Waals surface area contributed by atoms with Crippen LogP contribution in [0.3, 0.4) is 0 Å². The fourth-order valence-electron chi connectivity index (χ4n) is 8.25. The highest BCUT2D eigenvalue weighted by atomic mass is 32.1. The SMILES string of the molecule is c1ccc(-c2ccc(N(c3ccc(-c4cccc5c4sc4ccccc45)cc3)c3ccc(-c4ccccc4)c4oc5c6ccccc6ccc5c34)cc2)cc1. The second kappa shape index (κ2) is 12.9. The number of hydrogen-bond acceptors (Lipinski definition) is 3. The molecule has 0 saturated heterocycles. The molecule has 2 aromatic heterocycles. The molecule has 0 spiro atoms. The van der Waals surface area contributed by atoms with Crippen molar-refractivity contribution >= 4 is 81.3 Å². The first-order valence-electron chi connectivity index (χ1n) is 18.7. The minimum Gasteiger partial charge on any atom is -0.455 e. The van der Waals surface area contributed by atoms with Crippen LogP contribution in [-0.2, 0) is 0 Å². The predicted octanol–water partition coefficient (Wildman–Crippen LogP) is 15.6. The molecular weight excluding hydrogens is 687 g/mol. The highest BCUT2D eigenvalue weighted by molar-refractivity contribution is 7.26. The van der Waals surface area contributed by atoms with Gasteiger partial charge in [-0.2, -0.15) is 0 Å². The molecule has 0 unspecified atom stereocenters. The van der Waals surface area contributed by atoms with Crippen molar-refractivity contribution in [2.75, 3.05) is 4.90 Å². The molecule has 0 aliphatic heterocycles. The number of furan rings is 1. The van der Waals surface area contributed by atoms with Gasteiger partial charge in [0.15, 0.2) is 0 Å². The zero-order valence-corrected chi connectivity index (χ0v) is 30.6. The van der Waals surface area contributed by atoms with Crippen molar-refractivity contribution in [3.63, 3.8) is 0 Å². The maximum Gasteiger partial charge on any atom is 0.145 e. The third kappa shape index (κ3) is 5.24.